The second-order valence-corrected chi connectivity index (χ2v) is 3.98. The van der Waals surface area contributed by atoms with Gasteiger partial charge in [0.15, 0.2) is 0 Å². The maximum atomic E-state index is 13.3. The van der Waals surface area contributed by atoms with Crippen LogP contribution in [0, 0.1) is 12.7 Å². The van der Waals surface area contributed by atoms with Crippen LogP contribution in [0.4, 0.5) is 13.2 Å². The summed E-state index contributed by atoms with van der Waals surface area (Å²) >= 11 is 1.24. The molecule has 0 radical (unpaired) electrons. The van der Waals surface area contributed by atoms with Gasteiger partial charge in [0, 0.05) is 5.56 Å². The van der Waals surface area contributed by atoms with E-state index in [9.17, 15) is 13.2 Å². The van der Waals surface area contributed by atoms with Gasteiger partial charge in [-0.2, -0.15) is 0 Å². The number of benzene rings is 1. The van der Waals surface area contributed by atoms with Crippen molar-refractivity contribution < 1.29 is 13.2 Å². The molecule has 74 valence electrons. The quantitative estimate of drug-likeness (QED) is 0.667. The van der Waals surface area contributed by atoms with E-state index in [4.69, 9.17) is 0 Å². The average Bonchev–Trinajstić information content (AvgIpc) is 2.48. The summed E-state index contributed by atoms with van der Waals surface area (Å²) in [5.41, 5.74) is 0.586. The first-order chi connectivity index (χ1) is 6.59. The molecule has 0 aliphatic heterocycles. The molecule has 1 aromatic carbocycles. The lowest BCUT2D eigenvalue weighted by Crippen LogP contribution is -1.86. The van der Waals surface area contributed by atoms with Crippen molar-refractivity contribution in [1.82, 2.24) is 0 Å². The number of fused-ring (bicyclic) bond motifs is 1. The molecule has 14 heavy (non-hydrogen) atoms. The second kappa shape index (κ2) is 3.28. The fourth-order valence-corrected chi connectivity index (χ4v) is 2.30. The van der Waals surface area contributed by atoms with Crippen LogP contribution in [0.5, 0.6) is 0 Å². The summed E-state index contributed by atoms with van der Waals surface area (Å²) in [5, 5.41) is 2.36. The number of aryl methyl sites for hydroxylation is 1. The first-order valence-electron chi connectivity index (χ1n) is 4.05. The third kappa shape index (κ3) is 1.39. The Kier molecular flexibility index (Phi) is 2.23. The minimum Gasteiger partial charge on any atom is -0.205 e. The third-order valence-electron chi connectivity index (χ3n) is 2.10. The molecular weight excluding hydrogens is 209 g/mol. The Balaban J connectivity index is 2.75. The van der Waals surface area contributed by atoms with Gasteiger partial charge in [-0.05, 0) is 35.4 Å². The van der Waals surface area contributed by atoms with Crippen molar-refractivity contribution >= 4 is 21.4 Å². The van der Waals surface area contributed by atoms with Crippen LogP contribution in [0.2, 0.25) is 0 Å². The van der Waals surface area contributed by atoms with Gasteiger partial charge in [-0.15, -0.1) is 11.3 Å². The van der Waals surface area contributed by atoms with Gasteiger partial charge >= 0.3 is 0 Å². The van der Waals surface area contributed by atoms with Crippen LogP contribution in [-0.2, 0) is 0 Å². The highest BCUT2D eigenvalue weighted by Gasteiger charge is 2.13. The highest BCUT2D eigenvalue weighted by Crippen LogP contribution is 2.32. The van der Waals surface area contributed by atoms with Crippen molar-refractivity contribution in [3.05, 3.63) is 34.5 Å². The molecule has 1 heterocycles. The zero-order valence-corrected chi connectivity index (χ0v) is 8.17. The van der Waals surface area contributed by atoms with Gasteiger partial charge in [0.1, 0.15) is 5.82 Å². The van der Waals surface area contributed by atoms with E-state index in [2.05, 4.69) is 0 Å². The average molecular weight is 216 g/mol. The van der Waals surface area contributed by atoms with E-state index in [1.165, 1.54) is 17.4 Å². The Labute approximate surface area is 83.0 Å². The lowest BCUT2D eigenvalue weighted by molar-refractivity contribution is 0.151. The number of rotatable bonds is 1. The topological polar surface area (TPSA) is 0 Å². The van der Waals surface area contributed by atoms with Gasteiger partial charge in [-0.3, -0.25) is 0 Å². The first-order valence-corrected chi connectivity index (χ1v) is 4.93. The summed E-state index contributed by atoms with van der Waals surface area (Å²) in [6.07, 6.45) is -2.62. The Morgan fingerprint density at radius 2 is 2.00 bits per heavy atom. The maximum absolute atomic E-state index is 13.3. The van der Waals surface area contributed by atoms with Crippen molar-refractivity contribution in [3.63, 3.8) is 0 Å². The van der Waals surface area contributed by atoms with E-state index in [0.717, 1.165) is 11.6 Å². The number of halogens is 3. The van der Waals surface area contributed by atoms with E-state index in [0.29, 0.717) is 10.1 Å². The van der Waals surface area contributed by atoms with Crippen LogP contribution in [0.15, 0.2) is 17.5 Å². The zero-order valence-electron chi connectivity index (χ0n) is 7.35. The highest BCUT2D eigenvalue weighted by molar-refractivity contribution is 7.17. The second-order valence-electron chi connectivity index (χ2n) is 3.10. The van der Waals surface area contributed by atoms with Crippen LogP contribution in [0.1, 0.15) is 17.6 Å². The fraction of sp³-hybridized carbons (Fsp3) is 0.200. The van der Waals surface area contributed by atoms with Crippen LogP contribution in [0.25, 0.3) is 10.1 Å². The third-order valence-corrected chi connectivity index (χ3v) is 3.22. The van der Waals surface area contributed by atoms with E-state index >= 15 is 0 Å². The molecule has 0 atom stereocenters. The predicted octanol–water partition coefficient (Wildman–Crippen LogP) is 4.29. The van der Waals surface area contributed by atoms with Crippen molar-refractivity contribution in [3.8, 4) is 0 Å². The molecule has 0 bridgehead atoms. The van der Waals surface area contributed by atoms with Gasteiger partial charge in [0.2, 0.25) is 0 Å². The molecule has 0 saturated carbocycles. The van der Waals surface area contributed by atoms with Crippen LogP contribution < -0.4 is 0 Å². The first kappa shape index (κ1) is 9.52. The van der Waals surface area contributed by atoms with Gasteiger partial charge in [0.05, 0.1) is 4.70 Å². The summed E-state index contributed by atoms with van der Waals surface area (Å²) in [5.74, 6) is -0.559. The van der Waals surface area contributed by atoms with Gasteiger partial charge < -0.3 is 0 Å². The van der Waals surface area contributed by atoms with Crippen LogP contribution in [-0.4, -0.2) is 0 Å². The zero-order chi connectivity index (χ0) is 10.3. The summed E-state index contributed by atoms with van der Waals surface area (Å²) in [6.45, 7) is 1.79. The van der Waals surface area contributed by atoms with Gasteiger partial charge in [-0.1, -0.05) is 0 Å². The molecule has 0 nitrogen and oxygen atoms in total. The monoisotopic (exact) mass is 216 g/mol. The van der Waals surface area contributed by atoms with Crippen molar-refractivity contribution in [2.45, 2.75) is 13.3 Å². The number of thiophene rings is 1. The standard InChI is InChI=1S/C10H7F3S/c1-5-4-14-9-7(5)2-6(10(12)13)3-8(9)11/h2-4,10H,1H3. The lowest BCUT2D eigenvalue weighted by Gasteiger charge is -2.01. The summed E-state index contributed by atoms with van der Waals surface area (Å²) in [7, 11) is 0. The van der Waals surface area contributed by atoms with Crippen LogP contribution >= 0.6 is 11.3 Å². The molecule has 0 aliphatic carbocycles. The number of alkyl halides is 2. The molecular formula is C10H7F3S. The number of hydrogen-bond donors (Lipinski definition) is 0. The van der Waals surface area contributed by atoms with Gasteiger partial charge in [0.25, 0.3) is 6.43 Å². The van der Waals surface area contributed by atoms with Crippen molar-refractivity contribution in [2.24, 2.45) is 0 Å². The predicted molar refractivity (Wildman–Crippen MR) is 51.5 cm³/mol. The van der Waals surface area contributed by atoms with Crippen molar-refractivity contribution in [1.29, 1.82) is 0 Å². The van der Waals surface area contributed by atoms with Crippen LogP contribution in [0.3, 0.4) is 0 Å². The minimum atomic E-state index is -2.62. The van der Waals surface area contributed by atoms with Gasteiger partial charge in [-0.25, -0.2) is 13.2 Å². The Morgan fingerprint density at radius 3 is 2.64 bits per heavy atom. The highest BCUT2D eigenvalue weighted by atomic mass is 32.1. The molecule has 0 amide bonds. The molecule has 2 aromatic rings. The maximum Gasteiger partial charge on any atom is 0.263 e. The summed E-state index contributed by atoms with van der Waals surface area (Å²) in [6, 6.07) is 2.26. The minimum absolute atomic E-state index is 0.253. The molecule has 4 heteroatoms. The molecule has 0 spiro atoms. The normalized spacial score (nSPS) is 11.5. The summed E-state index contributed by atoms with van der Waals surface area (Å²) in [4.78, 5) is 0. The lowest BCUT2D eigenvalue weighted by atomic mass is 10.1. The van der Waals surface area contributed by atoms with E-state index in [-0.39, 0.29) is 5.56 Å². The Hall–Kier alpha value is -1.03. The molecule has 1 aromatic heterocycles. The van der Waals surface area contributed by atoms with E-state index in [1.54, 1.807) is 12.3 Å². The Bertz CT molecular complexity index is 473. The smallest absolute Gasteiger partial charge is 0.205 e. The van der Waals surface area contributed by atoms with E-state index in [1.807, 2.05) is 0 Å². The molecule has 0 fully saturated rings. The molecule has 0 saturated heterocycles. The molecule has 0 aliphatic rings. The number of hydrogen-bond acceptors (Lipinski definition) is 1. The SMILES string of the molecule is Cc1csc2c(F)cc(C(F)F)cc12. The van der Waals surface area contributed by atoms with Crippen molar-refractivity contribution in [2.75, 3.05) is 0 Å². The largest absolute Gasteiger partial charge is 0.263 e. The Morgan fingerprint density at radius 1 is 1.29 bits per heavy atom. The molecule has 0 unspecified atom stereocenters. The fourth-order valence-electron chi connectivity index (χ4n) is 1.36. The summed E-state index contributed by atoms with van der Waals surface area (Å²) < 4.78 is 38.4. The molecule has 2 rings (SSSR count). The van der Waals surface area contributed by atoms with E-state index < -0.39 is 12.2 Å². The molecule has 0 N–H and O–H groups in total.